The highest BCUT2D eigenvalue weighted by Gasteiger charge is 2.33. The van der Waals surface area contributed by atoms with Gasteiger partial charge in [0.15, 0.2) is 4.32 Å². The molecule has 0 aromatic heterocycles. The van der Waals surface area contributed by atoms with Gasteiger partial charge < -0.3 is 4.74 Å². The van der Waals surface area contributed by atoms with E-state index in [-0.39, 0.29) is 5.91 Å². The molecule has 0 bridgehead atoms. The van der Waals surface area contributed by atoms with Crippen molar-refractivity contribution >= 4 is 39.9 Å². The smallest absolute Gasteiger partial charge is 0.273 e. The second-order valence-electron chi connectivity index (χ2n) is 4.69. The number of rotatable bonds is 4. The summed E-state index contributed by atoms with van der Waals surface area (Å²) in [4.78, 5) is 14.4. The number of nitrogens with zero attached hydrogens (tertiary/aromatic N) is 1. The van der Waals surface area contributed by atoms with Crippen molar-refractivity contribution in [3.63, 3.8) is 0 Å². The molecule has 1 heterocycles. The third-order valence-corrected chi connectivity index (χ3v) is 4.25. The maximum Gasteiger partial charge on any atom is 0.273 e. The Morgan fingerprint density at radius 1 is 1.35 bits per heavy atom. The third kappa shape index (κ3) is 3.04. The van der Waals surface area contributed by atoms with Gasteiger partial charge in [-0.2, -0.15) is 0 Å². The Morgan fingerprint density at radius 2 is 2.00 bits per heavy atom. The molecule has 0 N–H and O–H groups in total. The van der Waals surface area contributed by atoms with Crippen LogP contribution in [0.2, 0.25) is 0 Å². The molecule has 0 atom stereocenters. The van der Waals surface area contributed by atoms with Gasteiger partial charge in [-0.1, -0.05) is 50.0 Å². The van der Waals surface area contributed by atoms with Crippen LogP contribution in [-0.2, 0) is 9.53 Å². The fraction of sp³-hybridized carbons (Fsp3) is 0.333. The van der Waals surface area contributed by atoms with Gasteiger partial charge in [-0.25, -0.2) is 0 Å². The van der Waals surface area contributed by atoms with Crippen LogP contribution in [0.25, 0.3) is 0 Å². The van der Waals surface area contributed by atoms with Crippen LogP contribution in [0.1, 0.15) is 32.3 Å². The van der Waals surface area contributed by atoms with Gasteiger partial charge in [-0.15, -0.1) is 0 Å². The number of hydrogen-bond donors (Lipinski definition) is 0. The minimum absolute atomic E-state index is 0.120. The Kier molecular flexibility index (Phi) is 4.83. The van der Waals surface area contributed by atoms with E-state index in [0.29, 0.717) is 21.8 Å². The molecule has 1 aliphatic heterocycles. The Bertz CT molecular complexity index is 549. The zero-order valence-electron chi connectivity index (χ0n) is 11.8. The summed E-state index contributed by atoms with van der Waals surface area (Å²) in [6.45, 7) is 6.69. The van der Waals surface area contributed by atoms with E-state index in [1.807, 2.05) is 31.2 Å². The highest BCUT2D eigenvalue weighted by atomic mass is 32.2. The van der Waals surface area contributed by atoms with Crippen molar-refractivity contribution in [1.29, 1.82) is 0 Å². The standard InChI is InChI=1S/C15H17NO2S2/c1-4-18-9-13-14(17)16(15(19)20-13)12-7-5-11(6-8-12)10(2)3/h5-10H,4H2,1-3H3. The van der Waals surface area contributed by atoms with E-state index in [1.54, 1.807) is 4.90 Å². The van der Waals surface area contributed by atoms with Crippen molar-refractivity contribution in [3.8, 4) is 0 Å². The number of carbonyl (C=O) groups excluding carboxylic acids is 1. The third-order valence-electron chi connectivity index (χ3n) is 2.97. The summed E-state index contributed by atoms with van der Waals surface area (Å²) in [7, 11) is 0. The van der Waals surface area contributed by atoms with Gasteiger partial charge in [-0.05, 0) is 30.5 Å². The van der Waals surface area contributed by atoms with E-state index in [1.165, 1.54) is 23.6 Å². The minimum Gasteiger partial charge on any atom is -0.500 e. The summed E-state index contributed by atoms with van der Waals surface area (Å²) in [6.07, 6.45) is 1.49. The van der Waals surface area contributed by atoms with Crippen LogP contribution in [-0.4, -0.2) is 16.8 Å². The average Bonchev–Trinajstić information content (AvgIpc) is 2.71. The molecule has 0 spiro atoms. The lowest BCUT2D eigenvalue weighted by Crippen LogP contribution is -2.27. The van der Waals surface area contributed by atoms with Crippen molar-refractivity contribution < 1.29 is 9.53 Å². The highest BCUT2D eigenvalue weighted by Crippen LogP contribution is 2.35. The van der Waals surface area contributed by atoms with Crippen molar-refractivity contribution in [2.24, 2.45) is 0 Å². The van der Waals surface area contributed by atoms with E-state index in [0.717, 1.165) is 5.69 Å². The first-order valence-electron chi connectivity index (χ1n) is 6.52. The Morgan fingerprint density at radius 3 is 2.55 bits per heavy atom. The molecule has 3 nitrogen and oxygen atoms in total. The normalized spacial score (nSPS) is 17.4. The summed E-state index contributed by atoms with van der Waals surface area (Å²) in [6, 6.07) is 7.93. The highest BCUT2D eigenvalue weighted by molar-refractivity contribution is 8.27. The molecule has 0 radical (unpaired) electrons. The monoisotopic (exact) mass is 307 g/mol. The number of anilines is 1. The fourth-order valence-electron chi connectivity index (χ4n) is 1.84. The largest absolute Gasteiger partial charge is 0.500 e. The molecule has 0 unspecified atom stereocenters. The van der Waals surface area contributed by atoms with E-state index in [9.17, 15) is 4.79 Å². The van der Waals surface area contributed by atoms with Crippen LogP contribution in [0.15, 0.2) is 35.4 Å². The van der Waals surface area contributed by atoms with E-state index in [4.69, 9.17) is 17.0 Å². The molecule has 1 aliphatic rings. The molecule has 2 rings (SSSR count). The van der Waals surface area contributed by atoms with Gasteiger partial charge in [0.2, 0.25) is 0 Å². The number of thiocarbonyl (C=S) groups is 1. The molecule has 1 amide bonds. The number of carbonyl (C=O) groups is 1. The van der Waals surface area contributed by atoms with Gasteiger partial charge in [0, 0.05) is 0 Å². The van der Waals surface area contributed by atoms with Crippen molar-refractivity contribution in [2.75, 3.05) is 11.5 Å². The molecule has 1 fully saturated rings. The van der Waals surface area contributed by atoms with Gasteiger partial charge in [0.1, 0.15) is 11.2 Å². The lowest BCUT2D eigenvalue weighted by Gasteiger charge is -2.15. The predicted molar refractivity (Wildman–Crippen MR) is 87.9 cm³/mol. The van der Waals surface area contributed by atoms with Crippen LogP contribution in [0, 0.1) is 0 Å². The second-order valence-corrected chi connectivity index (χ2v) is 6.37. The molecule has 5 heteroatoms. The van der Waals surface area contributed by atoms with Crippen LogP contribution in [0.5, 0.6) is 0 Å². The second kappa shape index (κ2) is 6.41. The summed E-state index contributed by atoms with van der Waals surface area (Å²) in [5.74, 6) is 0.346. The van der Waals surface area contributed by atoms with Gasteiger partial charge in [0.25, 0.3) is 5.91 Å². The van der Waals surface area contributed by atoms with Crippen molar-refractivity contribution in [3.05, 3.63) is 41.0 Å². The van der Waals surface area contributed by atoms with E-state index < -0.39 is 0 Å². The first-order valence-corrected chi connectivity index (χ1v) is 7.75. The van der Waals surface area contributed by atoms with Crippen molar-refractivity contribution in [2.45, 2.75) is 26.7 Å². The van der Waals surface area contributed by atoms with Crippen LogP contribution in [0.4, 0.5) is 5.69 Å². The van der Waals surface area contributed by atoms with E-state index >= 15 is 0 Å². The lowest BCUT2D eigenvalue weighted by atomic mass is 10.0. The molecule has 1 aromatic rings. The molecule has 1 saturated heterocycles. The Balaban J connectivity index is 2.24. The predicted octanol–water partition coefficient (Wildman–Crippen LogP) is 4.05. The zero-order valence-corrected chi connectivity index (χ0v) is 13.4. The average molecular weight is 307 g/mol. The summed E-state index contributed by atoms with van der Waals surface area (Å²) in [5.41, 5.74) is 2.04. The Hall–Kier alpha value is -1.33. The first kappa shape index (κ1) is 15.1. The summed E-state index contributed by atoms with van der Waals surface area (Å²) < 4.78 is 5.72. The van der Waals surface area contributed by atoms with Gasteiger partial charge in [0.05, 0.1) is 12.3 Å². The zero-order chi connectivity index (χ0) is 14.7. The number of benzene rings is 1. The molecule has 1 aromatic carbocycles. The lowest BCUT2D eigenvalue weighted by molar-refractivity contribution is -0.113. The Labute approximate surface area is 129 Å². The van der Waals surface area contributed by atoms with Crippen LogP contribution >= 0.6 is 24.0 Å². The van der Waals surface area contributed by atoms with Crippen LogP contribution in [0.3, 0.4) is 0 Å². The van der Waals surface area contributed by atoms with Crippen LogP contribution < -0.4 is 4.90 Å². The maximum absolute atomic E-state index is 12.3. The molecule has 106 valence electrons. The number of amides is 1. The molecule has 20 heavy (non-hydrogen) atoms. The van der Waals surface area contributed by atoms with Gasteiger partial charge >= 0.3 is 0 Å². The fourth-order valence-corrected chi connectivity index (χ4v) is 3.06. The number of hydrogen-bond acceptors (Lipinski definition) is 4. The molecule has 0 aliphatic carbocycles. The quantitative estimate of drug-likeness (QED) is 0.477. The van der Waals surface area contributed by atoms with Crippen molar-refractivity contribution in [1.82, 2.24) is 0 Å². The SMILES string of the molecule is CCOC=C1SC(=S)N(c2ccc(C(C)C)cc2)C1=O. The maximum atomic E-state index is 12.3. The van der Waals surface area contributed by atoms with E-state index in [2.05, 4.69) is 13.8 Å². The topological polar surface area (TPSA) is 29.5 Å². The molecular formula is C15H17NO2S2. The number of thioether (sulfide) groups is 1. The summed E-state index contributed by atoms with van der Waals surface area (Å²) in [5, 5.41) is 0. The van der Waals surface area contributed by atoms with Gasteiger partial charge in [-0.3, -0.25) is 9.69 Å². The number of ether oxygens (including phenoxy) is 1. The minimum atomic E-state index is -0.120. The molecule has 0 saturated carbocycles. The summed E-state index contributed by atoms with van der Waals surface area (Å²) >= 11 is 6.55. The molecular weight excluding hydrogens is 290 g/mol. The first-order chi connectivity index (χ1) is 9.54.